The number of aliphatic carboxylic acids is 1. The van der Waals surface area contributed by atoms with E-state index >= 15 is 0 Å². The lowest BCUT2D eigenvalue weighted by Crippen LogP contribution is -2.43. The number of hydrogen-bond acceptors (Lipinski definition) is 3. The minimum Gasteiger partial charge on any atom is -0.481 e. The van der Waals surface area contributed by atoms with Gasteiger partial charge in [-0.15, -0.1) is 0 Å². The molecule has 1 aromatic carbocycles. The van der Waals surface area contributed by atoms with Gasteiger partial charge in [0.15, 0.2) is 0 Å². The lowest BCUT2D eigenvalue weighted by molar-refractivity contribution is -0.141. The average Bonchev–Trinajstić information content (AvgIpc) is 3.00. The highest BCUT2D eigenvalue weighted by atomic mass is 16.4. The van der Waals surface area contributed by atoms with E-state index in [1.807, 2.05) is 30.3 Å². The van der Waals surface area contributed by atoms with Crippen molar-refractivity contribution in [2.24, 2.45) is 5.92 Å². The van der Waals surface area contributed by atoms with Crippen molar-refractivity contribution in [1.82, 2.24) is 10.2 Å². The van der Waals surface area contributed by atoms with Crippen molar-refractivity contribution in [2.75, 3.05) is 13.1 Å². The Labute approximate surface area is 141 Å². The number of carboxylic acid groups (broad SMARTS) is 1. The molecule has 1 aliphatic carbocycles. The first-order valence-corrected chi connectivity index (χ1v) is 8.27. The molecule has 24 heavy (non-hydrogen) atoms. The van der Waals surface area contributed by atoms with Crippen LogP contribution in [0.25, 0.3) is 0 Å². The van der Waals surface area contributed by atoms with E-state index in [1.165, 1.54) is 11.8 Å². The molecule has 2 amide bonds. The summed E-state index contributed by atoms with van der Waals surface area (Å²) < 4.78 is 0. The Balaban J connectivity index is 1.81. The van der Waals surface area contributed by atoms with Crippen LogP contribution in [0.2, 0.25) is 0 Å². The van der Waals surface area contributed by atoms with Gasteiger partial charge >= 0.3 is 5.97 Å². The molecule has 0 aliphatic heterocycles. The summed E-state index contributed by atoms with van der Waals surface area (Å²) in [5, 5.41) is 11.8. The highest BCUT2D eigenvalue weighted by Crippen LogP contribution is 2.25. The van der Waals surface area contributed by atoms with Gasteiger partial charge in [0.05, 0.1) is 12.5 Å². The van der Waals surface area contributed by atoms with Gasteiger partial charge in [-0.3, -0.25) is 14.4 Å². The van der Waals surface area contributed by atoms with Crippen molar-refractivity contribution >= 4 is 17.8 Å². The van der Waals surface area contributed by atoms with Gasteiger partial charge in [-0.05, 0) is 31.2 Å². The highest BCUT2D eigenvalue weighted by molar-refractivity contribution is 5.84. The number of nitrogens with one attached hydrogen (secondary N) is 1. The monoisotopic (exact) mass is 332 g/mol. The fourth-order valence-corrected chi connectivity index (χ4v) is 3.04. The predicted octanol–water partition coefficient (Wildman–Crippen LogP) is 1.45. The number of rotatable bonds is 7. The van der Waals surface area contributed by atoms with E-state index in [-0.39, 0.29) is 30.3 Å². The van der Waals surface area contributed by atoms with Gasteiger partial charge in [0, 0.05) is 19.5 Å². The standard InChI is InChI=1S/C18H24N2O4/c1-13(21)20(10-9-14-5-3-2-4-6-14)12-17(22)19-16-8-7-15(11-16)18(23)24/h2-6,15-16H,7-12H2,1H3,(H,19,22)(H,23,24)/t15-,16+/m1/s1. The van der Waals surface area contributed by atoms with Crippen molar-refractivity contribution in [3.63, 3.8) is 0 Å². The summed E-state index contributed by atoms with van der Waals surface area (Å²) >= 11 is 0. The zero-order valence-electron chi connectivity index (χ0n) is 13.9. The van der Waals surface area contributed by atoms with Gasteiger partial charge < -0.3 is 15.3 Å². The van der Waals surface area contributed by atoms with Gasteiger partial charge in [-0.1, -0.05) is 30.3 Å². The molecule has 0 heterocycles. The first-order valence-electron chi connectivity index (χ1n) is 8.27. The summed E-state index contributed by atoms with van der Waals surface area (Å²) in [7, 11) is 0. The molecule has 2 N–H and O–H groups in total. The van der Waals surface area contributed by atoms with Crippen LogP contribution in [0.3, 0.4) is 0 Å². The Kier molecular flexibility index (Phi) is 6.35. The van der Waals surface area contributed by atoms with Crippen LogP contribution in [0, 0.1) is 5.92 Å². The predicted molar refractivity (Wildman–Crippen MR) is 89.3 cm³/mol. The average molecular weight is 332 g/mol. The van der Waals surface area contributed by atoms with Crippen LogP contribution < -0.4 is 5.32 Å². The lowest BCUT2D eigenvalue weighted by Gasteiger charge is -2.22. The highest BCUT2D eigenvalue weighted by Gasteiger charge is 2.30. The summed E-state index contributed by atoms with van der Waals surface area (Å²) in [5.41, 5.74) is 1.12. The molecule has 2 atom stereocenters. The van der Waals surface area contributed by atoms with Gasteiger partial charge in [-0.2, -0.15) is 0 Å². The fraction of sp³-hybridized carbons (Fsp3) is 0.500. The van der Waals surface area contributed by atoms with Gasteiger partial charge in [0.25, 0.3) is 0 Å². The number of hydrogen-bond donors (Lipinski definition) is 2. The molecule has 1 saturated carbocycles. The van der Waals surface area contributed by atoms with Crippen LogP contribution in [0.5, 0.6) is 0 Å². The van der Waals surface area contributed by atoms with Gasteiger partial charge in [-0.25, -0.2) is 0 Å². The maximum Gasteiger partial charge on any atom is 0.306 e. The van der Waals surface area contributed by atoms with E-state index in [4.69, 9.17) is 5.11 Å². The number of amides is 2. The summed E-state index contributed by atoms with van der Waals surface area (Å²) in [6.45, 7) is 1.94. The second kappa shape index (κ2) is 8.47. The molecule has 1 fully saturated rings. The van der Waals surface area contributed by atoms with E-state index < -0.39 is 5.97 Å². The summed E-state index contributed by atoms with van der Waals surface area (Å²) in [4.78, 5) is 36.4. The molecule has 130 valence electrons. The second-order valence-electron chi connectivity index (χ2n) is 6.29. The quantitative estimate of drug-likeness (QED) is 0.791. The topological polar surface area (TPSA) is 86.7 Å². The van der Waals surface area contributed by atoms with Crippen molar-refractivity contribution < 1.29 is 19.5 Å². The zero-order valence-corrected chi connectivity index (χ0v) is 13.9. The number of nitrogens with zero attached hydrogens (tertiary/aromatic N) is 1. The van der Waals surface area contributed by atoms with E-state index in [9.17, 15) is 14.4 Å². The van der Waals surface area contributed by atoms with Gasteiger partial charge in [0.1, 0.15) is 0 Å². The SMILES string of the molecule is CC(=O)N(CCc1ccccc1)CC(=O)N[C@H]1CC[C@@H](C(=O)O)C1. The minimum absolute atomic E-state index is 0.0103. The fourth-order valence-electron chi connectivity index (χ4n) is 3.04. The third-order valence-corrected chi connectivity index (χ3v) is 4.44. The van der Waals surface area contributed by atoms with E-state index in [2.05, 4.69) is 5.32 Å². The van der Waals surface area contributed by atoms with Crippen LogP contribution >= 0.6 is 0 Å². The van der Waals surface area contributed by atoms with Gasteiger partial charge in [0.2, 0.25) is 11.8 Å². The molecule has 0 spiro atoms. The normalized spacial score (nSPS) is 19.7. The summed E-state index contributed by atoms with van der Waals surface area (Å²) in [6, 6.07) is 9.69. The van der Waals surface area contributed by atoms with Crippen LogP contribution in [0.1, 0.15) is 31.7 Å². The molecule has 1 aromatic rings. The molecule has 6 nitrogen and oxygen atoms in total. The lowest BCUT2D eigenvalue weighted by atomic mass is 10.1. The molecule has 1 aliphatic rings. The molecule has 0 saturated heterocycles. The largest absolute Gasteiger partial charge is 0.481 e. The van der Waals surface area contributed by atoms with Crippen molar-refractivity contribution in [3.05, 3.63) is 35.9 Å². The molecule has 0 bridgehead atoms. The number of carboxylic acids is 1. The van der Waals surface area contributed by atoms with Crippen molar-refractivity contribution in [3.8, 4) is 0 Å². The Morgan fingerprint density at radius 1 is 1.21 bits per heavy atom. The van der Waals surface area contributed by atoms with Crippen LogP contribution in [0.4, 0.5) is 0 Å². The molecule has 0 unspecified atom stereocenters. The number of carbonyl (C=O) groups is 3. The third kappa shape index (κ3) is 5.37. The first kappa shape index (κ1) is 18.0. The molecule has 6 heteroatoms. The second-order valence-corrected chi connectivity index (χ2v) is 6.29. The smallest absolute Gasteiger partial charge is 0.306 e. The van der Waals surface area contributed by atoms with Crippen LogP contribution in [-0.4, -0.2) is 46.9 Å². The number of carbonyl (C=O) groups excluding carboxylic acids is 2. The summed E-state index contributed by atoms with van der Waals surface area (Å²) in [6.07, 6.45) is 2.42. The number of benzene rings is 1. The van der Waals surface area contributed by atoms with E-state index in [0.717, 1.165) is 5.56 Å². The molecular formula is C18H24N2O4. The Hall–Kier alpha value is -2.37. The van der Waals surface area contributed by atoms with Crippen molar-refractivity contribution in [1.29, 1.82) is 0 Å². The van der Waals surface area contributed by atoms with Crippen LogP contribution in [-0.2, 0) is 20.8 Å². The molecule has 2 rings (SSSR count). The maximum absolute atomic E-state index is 12.1. The third-order valence-electron chi connectivity index (χ3n) is 4.44. The first-order chi connectivity index (χ1) is 11.5. The Bertz CT molecular complexity index is 588. The van der Waals surface area contributed by atoms with Crippen molar-refractivity contribution in [2.45, 2.75) is 38.6 Å². The molecule has 0 aromatic heterocycles. The summed E-state index contributed by atoms with van der Waals surface area (Å²) in [5.74, 6) is -1.55. The zero-order chi connectivity index (χ0) is 17.5. The van der Waals surface area contributed by atoms with E-state index in [0.29, 0.717) is 32.2 Å². The maximum atomic E-state index is 12.1. The van der Waals surface area contributed by atoms with Crippen LogP contribution in [0.15, 0.2) is 30.3 Å². The van der Waals surface area contributed by atoms with E-state index in [1.54, 1.807) is 0 Å². The molecular weight excluding hydrogens is 308 g/mol. The molecule has 0 radical (unpaired) electrons. The minimum atomic E-state index is -0.806. The Morgan fingerprint density at radius 3 is 2.50 bits per heavy atom. The Morgan fingerprint density at radius 2 is 1.92 bits per heavy atom.